The molecule has 0 saturated heterocycles. The fourth-order valence-corrected chi connectivity index (χ4v) is 2.21. The molecular formula is C15H17FN4O. The molecule has 6 heteroatoms. The number of para-hydroxylation sites is 1. The number of rotatable bonds is 5. The summed E-state index contributed by atoms with van der Waals surface area (Å²) in [6.07, 6.45) is 3.84. The highest BCUT2D eigenvalue weighted by Gasteiger charge is 2.28. The van der Waals surface area contributed by atoms with E-state index in [0.29, 0.717) is 18.2 Å². The minimum atomic E-state index is -0.386. The summed E-state index contributed by atoms with van der Waals surface area (Å²) >= 11 is 0. The van der Waals surface area contributed by atoms with Crippen molar-refractivity contribution in [3.63, 3.8) is 0 Å². The number of carbonyl (C=O) groups excluding carboxylic acids is 1. The van der Waals surface area contributed by atoms with Crippen LogP contribution in [-0.4, -0.2) is 28.3 Å². The minimum Gasteiger partial charge on any atom is -0.349 e. The normalized spacial score (nSPS) is 15.7. The summed E-state index contributed by atoms with van der Waals surface area (Å²) in [4.78, 5) is 12.0. The molecule has 3 N–H and O–H groups in total. The number of hydrogen-bond donors (Lipinski definition) is 2. The number of hydrogen-bond acceptors (Lipinski definition) is 3. The first-order valence-corrected chi connectivity index (χ1v) is 6.99. The van der Waals surface area contributed by atoms with Crippen LogP contribution in [0.3, 0.4) is 0 Å². The van der Waals surface area contributed by atoms with Gasteiger partial charge in [-0.2, -0.15) is 5.10 Å². The molecule has 1 aromatic carbocycles. The van der Waals surface area contributed by atoms with Crippen molar-refractivity contribution in [2.45, 2.75) is 18.9 Å². The second-order valence-corrected chi connectivity index (χ2v) is 5.31. The SMILES string of the molecule is NC(CNC(=O)c1ccn(-c2ccccc2F)n1)C1CC1. The number of carbonyl (C=O) groups is 1. The number of nitrogens with two attached hydrogens (primary N) is 1. The molecule has 110 valence electrons. The zero-order chi connectivity index (χ0) is 14.8. The van der Waals surface area contributed by atoms with Crippen molar-refractivity contribution in [3.05, 3.63) is 48.0 Å². The third kappa shape index (κ3) is 3.11. The lowest BCUT2D eigenvalue weighted by Crippen LogP contribution is -2.38. The molecule has 1 amide bonds. The van der Waals surface area contributed by atoms with Gasteiger partial charge in [-0.05, 0) is 37.0 Å². The molecule has 1 atom stereocenters. The van der Waals surface area contributed by atoms with Gasteiger partial charge in [-0.1, -0.05) is 12.1 Å². The number of nitrogens with zero attached hydrogens (tertiary/aromatic N) is 2. The molecule has 0 radical (unpaired) electrons. The van der Waals surface area contributed by atoms with Crippen LogP contribution in [0.5, 0.6) is 0 Å². The van der Waals surface area contributed by atoms with Gasteiger partial charge in [0.05, 0.1) is 0 Å². The van der Waals surface area contributed by atoms with Gasteiger partial charge in [-0.25, -0.2) is 9.07 Å². The van der Waals surface area contributed by atoms with Crippen LogP contribution in [0.15, 0.2) is 36.5 Å². The van der Waals surface area contributed by atoms with Crippen LogP contribution in [0.25, 0.3) is 5.69 Å². The predicted molar refractivity (Wildman–Crippen MR) is 76.6 cm³/mol. The van der Waals surface area contributed by atoms with Gasteiger partial charge in [-0.15, -0.1) is 0 Å². The second-order valence-electron chi connectivity index (χ2n) is 5.31. The molecule has 1 aromatic heterocycles. The summed E-state index contributed by atoms with van der Waals surface area (Å²) in [7, 11) is 0. The highest BCUT2D eigenvalue weighted by Crippen LogP contribution is 2.31. The molecule has 5 nitrogen and oxygen atoms in total. The molecule has 0 spiro atoms. The molecule has 3 rings (SSSR count). The van der Waals surface area contributed by atoms with E-state index >= 15 is 0 Å². The zero-order valence-electron chi connectivity index (χ0n) is 11.5. The number of benzene rings is 1. The van der Waals surface area contributed by atoms with E-state index in [9.17, 15) is 9.18 Å². The van der Waals surface area contributed by atoms with Crippen molar-refractivity contribution in [3.8, 4) is 5.69 Å². The van der Waals surface area contributed by atoms with Crippen LogP contribution in [0, 0.1) is 11.7 Å². The van der Waals surface area contributed by atoms with Crippen LogP contribution in [0.1, 0.15) is 23.3 Å². The second kappa shape index (κ2) is 5.65. The molecule has 1 saturated carbocycles. The molecule has 0 aliphatic heterocycles. The average Bonchev–Trinajstić information content (AvgIpc) is 3.23. The topological polar surface area (TPSA) is 72.9 Å². The number of aromatic nitrogens is 2. The Hall–Kier alpha value is -2.21. The Morgan fingerprint density at radius 3 is 2.90 bits per heavy atom. The standard InChI is InChI=1S/C15H17FN4O/c16-11-3-1-2-4-14(11)20-8-7-13(19-20)15(21)18-9-12(17)10-5-6-10/h1-4,7-8,10,12H,5-6,9,17H2,(H,18,21). The molecule has 1 unspecified atom stereocenters. The first-order valence-electron chi connectivity index (χ1n) is 6.99. The molecule has 2 aromatic rings. The van der Waals surface area contributed by atoms with E-state index in [0.717, 1.165) is 12.8 Å². The maximum absolute atomic E-state index is 13.7. The highest BCUT2D eigenvalue weighted by molar-refractivity contribution is 5.92. The van der Waals surface area contributed by atoms with Gasteiger partial charge in [-0.3, -0.25) is 4.79 Å². The number of halogens is 1. The van der Waals surface area contributed by atoms with Crippen LogP contribution in [0.2, 0.25) is 0 Å². The molecule has 0 bridgehead atoms. The Kier molecular flexibility index (Phi) is 3.70. The van der Waals surface area contributed by atoms with Gasteiger partial charge < -0.3 is 11.1 Å². The Bertz CT molecular complexity index is 651. The Morgan fingerprint density at radius 1 is 1.43 bits per heavy atom. The van der Waals surface area contributed by atoms with E-state index < -0.39 is 0 Å². The summed E-state index contributed by atoms with van der Waals surface area (Å²) < 4.78 is 15.0. The fraction of sp³-hybridized carbons (Fsp3) is 0.333. The zero-order valence-corrected chi connectivity index (χ0v) is 11.5. The van der Waals surface area contributed by atoms with Crippen LogP contribution in [-0.2, 0) is 0 Å². The third-order valence-electron chi connectivity index (χ3n) is 3.65. The van der Waals surface area contributed by atoms with E-state index in [4.69, 9.17) is 5.73 Å². The quantitative estimate of drug-likeness (QED) is 0.875. The lowest BCUT2D eigenvalue weighted by molar-refractivity contribution is 0.0945. The van der Waals surface area contributed by atoms with Gasteiger partial charge in [0.2, 0.25) is 0 Å². The Morgan fingerprint density at radius 2 is 2.19 bits per heavy atom. The average molecular weight is 288 g/mol. The monoisotopic (exact) mass is 288 g/mol. The van der Waals surface area contributed by atoms with Crippen LogP contribution < -0.4 is 11.1 Å². The van der Waals surface area contributed by atoms with Crippen molar-refractivity contribution in [2.24, 2.45) is 11.7 Å². The van der Waals surface area contributed by atoms with Gasteiger partial charge in [0.15, 0.2) is 5.69 Å². The van der Waals surface area contributed by atoms with Crippen molar-refractivity contribution in [1.82, 2.24) is 15.1 Å². The Labute approximate surface area is 121 Å². The van der Waals surface area contributed by atoms with Crippen molar-refractivity contribution in [2.75, 3.05) is 6.54 Å². The van der Waals surface area contributed by atoms with E-state index in [-0.39, 0.29) is 23.5 Å². The molecular weight excluding hydrogens is 271 g/mol. The molecule has 21 heavy (non-hydrogen) atoms. The summed E-state index contributed by atoms with van der Waals surface area (Å²) in [6.45, 7) is 0.441. The first kappa shape index (κ1) is 13.8. The van der Waals surface area contributed by atoms with E-state index in [1.807, 2.05) is 0 Å². The van der Waals surface area contributed by atoms with E-state index in [2.05, 4.69) is 10.4 Å². The van der Waals surface area contributed by atoms with Crippen molar-refractivity contribution < 1.29 is 9.18 Å². The third-order valence-corrected chi connectivity index (χ3v) is 3.65. The Balaban J connectivity index is 1.66. The minimum absolute atomic E-state index is 0.00241. The molecule has 1 aliphatic rings. The van der Waals surface area contributed by atoms with E-state index in [1.54, 1.807) is 30.5 Å². The lowest BCUT2D eigenvalue weighted by Gasteiger charge is -2.10. The highest BCUT2D eigenvalue weighted by atomic mass is 19.1. The molecule has 1 aliphatic carbocycles. The van der Waals surface area contributed by atoms with Crippen molar-refractivity contribution in [1.29, 1.82) is 0 Å². The number of nitrogens with one attached hydrogen (secondary N) is 1. The lowest BCUT2D eigenvalue weighted by atomic mass is 10.2. The first-order chi connectivity index (χ1) is 10.1. The largest absolute Gasteiger partial charge is 0.349 e. The van der Waals surface area contributed by atoms with Crippen LogP contribution >= 0.6 is 0 Å². The summed E-state index contributed by atoms with van der Waals surface area (Å²) in [5, 5.41) is 6.87. The smallest absolute Gasteiger partial charge is 0.271 e. The van der Waals surface area contributed by atoms with Gasteiger partial charge in [0.25, 0.3) is 5.91 Å². The molecule has 1 fully saturated rings. The maximum atomic E-state index is 13.7. The maximum Gasteiger partial charge on any atom is 0.271 e. The van der Waals surface area contributed by atoms with Gasteiger partial charge in [0, 0.05) is 18.8 Å². The van der Waals surface area contributed by atoms with E-state index in [1.165, 1.54) is 10.7 Å². The number of amides is 1. The summed E-state index contributed by atoms with van der Waals surface area (Å²) in [5.41, 5.74) is 6.49. The van der Waals surface area contributed by atoms with Gasteiger partial charge in [0.1, 0.15) is 11.5 Å². The van der Waals surface area contributed by atoms with Crippen molar-refractivity contribution >= 4 is 5.91 Å². The van der Waals surface area contributed by atoms with Crippen LogP contribution in [0.4, 0.5) is 4.39 Å². The summed E-state index contributed by atoms with van der Waals surface area (Å²) in [6, 6.07) is 7.84. The predicted octanol–water partition coefficient (Wildman–Crippen LogP) is 1.48. The van der Waals surface area contributed by atoms with Gasteiger partial charge >= 0.3 is 0 Å². The molecule has 1 heterocycles. The fourth-order valence-electron chi connectivity index (χ4n) is 2.21. The summed E-state index contributed by atoms with van der Waals surface area (Å²) in [5.74, 6) is -0.147.